The summed E-state index contributed by atoms with van der Waals surface area (Å²) in [5.74, 6) is -1.03. The van der Waals surface area contributed by atoms with E-state index in [9.17, 15) is 14.4 Å². The Kier molecular flexibility index (Phi) is 5.21. The molecule has 0 fully saturated rings. The third-order valence-corrected chi connectivity index (χ3v) is 5.20. The summed E-state index contributed by atoms with van der Waals surface area (Å²) in [7, 11) is 0. The first kappa shape index (κ1) is 16.5. The molecule has 0 radical (unpaired) electrons. The van der Waals surface area contributed by atoms with Gasteiger partial charge in [0.05, 0.1) is 22.4 Å². The Morgan fingerprint density at radius 3 is 2.86 bits per heavy atom. The van der Waals surface area contributed by atoms with E-state index in [4.69, 9.17) is 10.00 Å². The third-order valence-electron chi connectivity index (χ3n) is 3.14. The molecule has 22 heavy (non-hydrogen) atoms. The molecule has 0 bridgehead atoms. The molecule has 1 aromatic heterocycles. The van der Waals surface area contributed by atoms with Gasteiger partial charge in [-0.3, -0.25) is 9.59 Å². The number of ketones is 1. The van der Waals surface area contributed by atoms with Gasteiger partial charge in [0.15, 0.2) is 5.78 Å². The number of rotatable bonds is 4. The van der Waals surface area contributed by atoms with Crippen LogP contribution in [-0.4, -0.2) is 29.5 Å². The van der Waals surface area contributed by atoms with Gasteiger partial charge in [0.2, 0.25) is 5.91 Å². The lowest BCUT2D eigenvalue weighted by atomic mass is 9.96. The highest BCUT2D eigenvalue weighted by molar-refractivity contribution is 8.05. The molecule has 1 unspecified atom stereocenters. The molecule has 1 N–H and O–H groups in total. The van der Waals surface area contributed by atoms with E-state index < -0.39 is 11.2 Å². The molecule has 0 saturated carbocycles. The summed E-state index contributed by atoms with van der Waals surface area (Å²) in [4.78, 5) is 36.5. The van der Waals surface area contributed by atoms with Crippen LogP contribution in [0.15, 0.2) is 0 Å². The number of esters is 1. The predicted molar refractivity (Wildman–Crippen MR) is 84.2 cm³/mol. The highest BCUT2D eigenvalue weighted by Crippen LogP contribution is 2.41. The fourth-order valence-electron chi connectivity index (χ4n) is 2.28. The molecule has 0 aromatic carbocycles. The first-order chi connectivity index (χ1) is 10.5. The van der Waals surface area contributed by atoms with Crippen LogP contribution in [0, 0.1) is 10.7 Å². The van der Waals surface area contributed by atoms with E-state index in [0.717, 1.165) is 23.1 Å². The zero-order valence-electron chi connectivity index (χ0n) is 12.1. The Morgan fingerprint density at radius 2 is 2.27 bits per heavy atom. The number of thioether (sulfide) groups is 1. The van der Waals surface area contributed by atoms with Crippen LogP contribution in [-0.2, 0) is 16.0 Å². The van der Waals surface area contributed by atoms with Crippen LogP contribution in [0.25, 0.3) is 0 Å². The summed E-state index contributed by atoms with van der Waals surface area (Å²) >= 11 is 1.96. The number of carbonyl (C=O) groups is 3. The Bertz CT molecular complexity index is 675. The maximum atomic E-state index is 12.4. The number of hydrogen-bond acceptors (Lipinski definition) is 7. The second-order valence-electron chi connectivity index (χ2n) is 4.62. The third kappa shape index (κ3) is 3.15. The molecule has 1 amide bonds. The van der Waals surface area contributed by atoms with Gasteiger partial charge in [-0.15, -0.1) is 11.3 Å². The lowest BCUT2D eigenvalue weighted by Crippen LogP contribution is -2.23. The number of carbonyl (C=O) groups excluding carboxylic acids is 3. The fraction of sp³-hybridized carbons (Fsp3) is 0.429. The summed E-state index contributed by atoms with van der Waals surface area (Å²) in [5.41, 5.74) is 1.04. The van der Waals surface area contributed by atoms with Crippen LogP contribution in [0.3, 0.4) is 0 Å². The van der Waals surface area contributed by atoms with Gasteiger partial charge in [-0.25, -0.2) is 4.79 Å². The zero-order chi connectivity index (χ0) is 16.3. The molecule has 1 heterocycles. The molecular formula is C14H14N2O4S2. The van der Waals surface area contributed by atoms with Crippen LogP contribution < -0.4 is 5.32 Å². The van der Waals surface area contributed by atoms with Gasteiger partial charge in [0.25, 0.3) is 0 Å². The van der Waals surface area contributed by atoms with Gasteiger partial charge in [-0.2, -0.15) is 5.26 Å². The van der Waals surface area contributed by atoms with Gasteiger partial charge in [0.1, 0.15) is 10.3 Å². The minimum absolute atomic E-state index is 0.167. The molecule has 1 atom stereocenters. The average molecular weight is 338 g/mol. The molecule has 116 valence electrons. The van der Waals surface area contributed by atoms with E-state index in [1.165, 1.54) is 6.92 Å². The van der Waals surface area contributed by atoms with Crippen molar-refractivity contribution in [2.24, 2.45) is 0 Å². The Balaban J connectivity index is 2.47. The molecule has 1 aliphatic rings. The Morgan fingerprint density at radius 1 is 1.55 bits per heavy atom. The van der Waals surface area contributed by atoms with E-state index in [1.807, 2.05) is 5.40 Å². The predicted octanol–water partition coefficient (Wildman–Crippen LogP) is 2.59. The number of nitriles is 1. The number of hydrogen-bond donors (Lipinski definition) is 1. The molecule has 2 rings (SSSR count). The van der Waals surface area contributed by atoms with E-state index in [0.29, 0.717) is 29.0 Å². The van der Waals surface area contributed by atoms with Crippen LogP contribution in [0.4, 0.5) is 5.69 Å². The highest BCUT2D eigenvalue weighted by atomic mass is 32.2. The minimum atomic E-state index is -0.553. The molecular weight excluding hydrogens is 324 g/mol. The molecule has 6 nitrogen and oxygen atoms in total. The number of thiophene rings is 1. The topological polar surface area (TPSA) is 96.3 Å². The van der Waals surface area contributed by atoms with Crippen molar-refractivity contribution in [1.29, 1.82) is 5.26 Å². The van der Waals surface area contributed by atoms with Gasteiger partial charge in [0, 0.05) is 6.92 Å². The first-order valence-electron chi connectivity index (χ1n) is 6.68. The summed E-state index contributed by atoms with van der Waals surface area (Å²) in [5, 5.41) is 12.9. The van der Waals surface area contributed by atoms with Crippen molar-refractivity contribution >= 4 is 46.4 Å². The SMILES string of the molecule is CCOC(=O)c1sc2c(c1NC(C)=O)CCC(SC#N)C2=O. The maximum absolute atomic E-state index is 12.4. The number of nitrogens with one attached hydrogen (secondary N) is 1. The number of nitrogens with zero attached hydrogens (tertiary/aromatic N) is 1. The quantitative estimate of drug-likeness (QED) is 0.669. The standard InChI is InChI=1S/C14H14N2O4S2/c1-3-20-14(19)13-10(16-7(2)17)8-4-5-9(21-6-15)11(18)12(8)22-13/h9H,3-5H2,1-2H3,(H,16,17). The van der Waals surface area contributed by atoms with Gasteiger partial charge in [-0.1, -0.05) is 0 Å². The summed E-state index contributed by atoms with van der Waals surface area (Å²) in [6.45, 7) is 3.24. The molecule has 1 aliphatic carbocycles. The lowest BCUT2D eigenvalue weighted by molar-refractivity contribution is -0.114. The van der Waals surface area contributed by atoms with Gasteiger partial charge >= 0.3 is 5.97 Å². The van der Waals surface area contributed by atoms with Crippen molar-refractivity contribution in [2.75, 3.05) is 11.9 Å². The molecule has 0 spiro atoms. The second kappa shape index (κ2) is 6.94. The Labute approximate surface area is 135 Å². The molecule has 0 saturated heterocycles. The van der Waals surface area contributed by atoms with Gasteiger partial charge in [-0.05, 0) is 37.1 Å². The lowest BCUT2D eigenvalue weighted by Gasteiger charge is -2.18. The fourth-order valence-corrected chi connectivity index (χ4v) is 4.14. The summed E-state index contributed by atoms with van der Waals surface area (Å²) in [6, 6.07) is 0. The number of Topliss-reactive ketones (excluding diaryl/α,β-unsaturated/α-hetero) is 1. The highest BCUT2D eigenvalue weighted by Gasteiger charge is 2.35. The summed E-state index contributed by atoms with van der Waals surface area (Å²) in [6.07, 6.45) is 1.04. The van der Waals surface area contributed by atoms with E-state index in [2.05, 4.69) is 5.32 Å². The number of fused-ring (bicyclic) bond motifs is 1. The average Bonchev–Trinajstić information content (AvgIpc) is 2.81. The first-order valence-corrected chi connectivity index (χ1v) is 8.38. The van der Waals surface area contributed by atoms with Gasteiger partial charge < -0.3 is 10.1 Å². The van der Waals surface area contributed by atoms with Crippen LogP contribution >= 0.6 is 23.1 Å². The monoisotopic (exact) mass is 338 g/mol. The molecule has 1 aromatic rings. The van der Waals surface area contributed by atoms with Crippen molar-refractivity contribution in [3.63, 3.8) is 0 Å². The smallest absolute Gasteiger partial charge is 0.350 e. The van der Waals surface area contributed by atoms with Crippen molar-refractivity contribution < 1.29 is 19.1 Å². The number of ether oxygens (including phenoxy) is 1. The van der Waals surface area contributed by atoms with Crippen molar-refractivity contribution in [3.8, 4) is 5.40 Å². The van der Waals surface area contributed by atoms with Crippen LogP contribution in [0.1, 0.15) is 45.2 Å². The van der Waals surface area contributed by atoms with Crippen LogP contribution in [0.2, 0.25) is 0 Å². The molecule has 8 heteroatoms. The second-order valence-corrected chi connectivity index (χ2v) is 6.62. The number of thiocyanates is 1. The van der Waals surface area contributed by atoms with E-state index in [1.54, 1.807) is 6.92 Å². The largest absolute Gasteiger partial charge is 0.462 e. The summed E-state index contributed by atoms with van der Waals surface area (Å²) < 4.78 is 4.99. The van der Waals surface area contributed by atoms with Crippen LogP contribution in [0.5, 0.6) is 0 Å². The number of anilines is 1. The van der Waals surface area contributed by atoms with Crippen molar-refractivity contribution in [1.82, 2.24) is 0 Å². The van der Waals surface area contributed by atoms with Crippen molar-refractivity contribution in [2.45, 2.75) is 31.9 Å². The zero-order valence-corrected chi connectivity index (χ0v) is 13.7. The maximum Gasteiger partial charge on any atom is 0.350 e. The van der Waals surface area contributed by atoms with E-state index in [-0.39, 0.29) is 23.2 Å². The molecule has 0 aliphatic heterocycles. The minimum Gasteiger partial charge on any atom is -0.462 e. The normalized spacial score (nSPS) is 16.6. The Hall–Kier alpha value is -1.85. The van der Waals surface area contributed by atoms with E-state index >= 15 is 0 Å². The number of amides is 1. The van der Waals surface area contributed by atoms with Crippen molar-refractivity contribution in [3.05, 3.63) is 15.3 Å².